The number of hydrogen-bond acceptors (Lipinski definition) is 4. The van der Waals surface area contributed by atoms with Crippen LogP contribution in [0.4, 0.5) is 0 Å². The van der Waals surface area contributed by atoms with Crippen LogP contribution in [0.5, 0.6) is 5.75 Å². The molecule has 3 aromatic rings. The Hall–Kier alpha value is -3.08. The van der Waals surface area contributed by atoms with E-state index < -0.39 is 5.91 Å². The Bertz CT molecular complexity index is 823. The molecule has 5 nitrogen and oxygen atoms in total. The summed E-state index contributed by atoms with van der Waals surface area (Å²) < 4.78 is 10.4. The number of nitrogens with one attached hydrogen (secondary N) is 1. The minimum absolute atomic E-state index is 0.210. The van der Waals surface area contributed by atoms with Crippen LogP contribution in [0.15, 0.2) is 64.3 Å². The first kappa shape index (κ1) is 13.9. The number of carbonyl (C=O) groups is 1. The molecule has 0 bridgehead atoms. The molecule has 0 aliphatic heterocycles. The fourth-order valence-corrected chi connectivity index (χ4v) is 2.21. The van der Waals surface area contributed by atoms with Gasteiger partial charge in [-0.3, -0.25) is 4.79 Å². The largest absolute Gasteiger partial charge is 0.496 e. The van der Waals surface area contributed by atoms with Crippen molar-refractivity contribution in [2.45, 2.75) is 0 Å². The predicted molar refractivity (Wildman–Crippen MR) is 84.3 cm³/mol. The van der Waals surface area contributed by atoms with Crippen molar-refractivity contribution in [3.05, 3.63) is 66.1 Å². The highest BCUT2D eigenvalue weighted by atomic mass is 16.5. The number of carbonyl (C=O) groups excluding carboxylic acids is 1. The summed E-state index contributed by atoms with van der Waals surface area (Å²) in [5, 5.41) is 6.06. The number of hydrazone groups is 1. The molecule has 3 rings (SSSR count). The molecule has 0 spiro atoms. The Morgan fingerprint density at radius 2 is 2.05 bits per heavy atom. The molecule has 1 N–H and O–H groups in total. The van der Waals surface area contributed by atoms with Crippen LogP contribution in [-0.4, -0.2) is 19.2 Å². The Morgan fingerprint density at radius 1 is 1.18 bits per heavy atom. The van der Waals surface area contributed by atoms with Gasteiger partial charge in [0, 0.05) is 5.56 Å². The summed E-state index contributed by atoms with van der Waals surface area (Å²) in [4.78, 5) is 11.8. The normalized spacial score (nSPS) is 11.0. The summed E-state index contributed by atoms with van der Waals surface area (Å²) in [5.41, 5.74) is 3.24. The average molecular weight is 294 g/mol. The van der Waals surface area contributed by atoms with Gasteiger partial charge in [-0.1, -0.05) is 30.3 Å². The highest BCUT2D eigenvalue weighted by molar-refractivity contribution is 6.03. The molecule has 1 aromatic heterocycles. The number of ether oxygens (including phenoxy) is 1. The zero-order chi connectivity index (χ0) is 15.4. The first-order valence-corrected chi connectivity index (χ1v) is 6.72. The van der Waals surface area contributed by atoms with Gasteiger partial charge in [0.1, 0.15) is 5.75 Å². The van der Waals surface area contributed by atoms with Crippen LogP contribution in [0, 0.1) is 0 Å². The second-order valence-electron chi connectivity index (χ2n) is 4.58. The molecule has 22 heavy (non-hydrogen) atoms. The monoisotopic (exact) mass is 294 g/mol. The topological polar surface area (TPSA) is 63.8 Å². The van der Waals surface area contributed by atoms with Crippen LogP contribution < -0.4 is 10.2 Å². The Balaban J connectivity index is 1.89. The van der Waals surface area contributed by atoms with Gasteiger partial charge in [0.15, 0.2) is 5.76 Å². The molecule has 5 heteroatoms. The van der Waals surface area contributed by atoms with Gasteiger partial charge in [-0.05, 0) is 29.0 Å². The van der Waals surface area contributed by atoms with Crippen molar-refractivity contribution < 1.29 is 13.9 Å². The van der Waals surface area contributed by atoms with E-state index in [-0.39, 0.29) is 5.76 Å². The Kier molecular flexibility index (Phi) is 3.87. The maximum atomic E-state index is 11.8. The summed E-state index contributed by atoms with van der Waals surface area (Å²) in [6.07, 6.45) is 3.01. The lowest BCUT2D eigenvalue weighted by atomic mass is 10.0. The van der Waals surface area contributed by atoms with E-state index >= 15 is 0 Å². The fourth-order valence-electron chi connectivity index (χ4n) is 2.21. The summed E-state index contributed by atoms with van der Waals surface area (Å²) in [5.74, 6) is 0.497. The number of nitrogens with zero attached hydrogens (tertiary/aromatic N) is 1. The standard InChI is InChI=1S/C17H14N2O3/c1-21-15-9-8-12-5-2-3-6-13(12)14(15)11-18-19-17(20)16-7-4-10-22-16/h2-11H,1H3,(H,19,20). The molecule has 0 atom stereocenters. The Morgan fingerprint density at radius 3 is 2.82 bits per heavy atom. The van der Waals surface area contributed by atoms with Gasteiger partial charge in [0.05, 0.1) is 19.6 Å². The van der Waals surface area contributed by atoms with E-state index in [1.165, 1.54) is 6.26 Å². The third kappa shape index (κ3) is 2.69. The van der Waals surface area contributed by atoms with Crippen LogP contribution in [0.2, 0.25) is 0 Å². The molecule has 110 valence electrons. The van der Waals surface area contributed by atoms with Gasteiger partial charge >= 0.3 is 5.91 Å². The second-order valence-corrected chi connectivity index (χ2v) is 4.58. The lowest BCUT2D eigenvalue weighted by Gasteiger charge is -2.08. The van der Waals surface area contributed by atoms with Gasteiger partial charge in [-0.25, -0.2) is 5.43 Å². The first-order valence-electron chi connectivity index (χ1n) is 6.72. The highest BCUT2D eigenvalue weighted by Gasteiger charge is 2.08. The molecule has 1 amide bonds. The number of rotatable bonds is 4. The zero-order valence-electron chi connectivity index (χ0n) is 11.9. The predicted octanol–water partition coefficient (Wildman–Crippen LogP) is 3.21. The summed E-state index contributed by atoms with van der Waals surface area (Å²) in [7, 11) is 1.60. The van der Waals surface area contributed by atoms with Crippen molar-refractivity contribution in [3.63, 3.8) is 0 Å². The summed E-state index contributed by atoms with van der Waals surface area (Å²) in [6.45, 7) is 0. The maximum Gasteiger partial charge on any atom is 0.307 e. The van der Waals surface area contributed by atoms with E-state index in [1.807, 2.05) is 36.4 Å². The molecular formula is C17H14N2O3. The number of amides is 1. The van der Waals surface area contributed by atoms with Crippen molar-refractivity contribution in [1.29, 1.82) is 0 Å². The maximum absolute atomic E-state index is 11.8. The minimum atomic E-state index is -0.402. The van der Waals surface area contributed by atoms with E-state index in [0.717, 1.165) is 16.3 Å². The smallest absolute Gasteiger partial charge is 0.307 e. The fraction of sp³-hybridized carbons (Fsp3) is 0.0588. The van der Waals surface area contributed by atoms with E-state index in [0.29, 0.717) is 5.75 Å². The number of furan rings is 1. The molecular weight excluding hydrogens is 280 g/mol. The van der Waals surface area contributed by atoms with E-state index in [1.54, 1.807) is 25.5 Å². The molecule has 0 saturated heterocycles. The average Bonchev–Trinajstić information content (AvgIpc) is 3.09. The lowest BCUT2D eigenvalue weighted by molar-refractivity contribution is 0.0927. The molecule has 0 fully saturated rings. The van der Waals surface area contributed by atoms with Crippen molar-refractivity contribution >= 4 is 22.9 Å². The van der Waals surface area contributed by atoms with Crippen LogP contribution in [0.1, 0.15) is 16.1 Å². The molecule has 0 aliphatic carbocycles. The SMILES string of the molecule is COc1ccc2ccccc2c1C=NNC(=O)c1ccco1. The minimum Gasteiger partial charge on any atom is -0.496 e. The van der Waals surface area contributed by atoms with Crippen LogP contribution >= 0.6 is 0 Å². The number of methoxy groups -OCH3 is 1. The van der Waals surface area contributed by atoms with Crippen molar-refractivity contribution in [1.82, 2.24) is 5.43 Å². The first-order chi connectivity index (χ1) is 10.8. The van der Waals surface area contributed by atoms with Crippen molar-refractivity contribution in [3.8, 4) is 5.75 Å². The third-order valence-electron chi connectivity index (χ3n) is 3.26. The van der Waals surface area contributed by atoms with Gasteiger partial charge in [0.2, 0.25) is 0 Å². The zero-order valence-corrected chi connectivity index (χ0v) is 11.9. The molecule has 1 heterocycles. The lowest BCUT2D eigenvalue weighted by Crippen LogP contribution is -2.16. The Labute approximate surface area is 127 Å². The van der Waals surface area contributed by atoms with E-state index in [2.05, 4.69) is 10.5 Å². The molecule has 0 aliphatic rings. The second kappa shape index (κ2) is 6.13. The molecule has 0 saturated carbocycles. The number of benzene rings is 2. The third-order valence-corrected chi connectivity index (χ3v) is 3.26. The van der Waals surface area contributed by atoms with Gasteiger partial charge in [-0.15, -0.1) is 0 Å². The summed E-state index contributed by atoms with van der Waals surface area (Å²) >= 11 is 0. The van der Waals surface area contributed by atoms with E-state index in [4.69, 9.17) is 9.15 Å². The van der Waals surface area contributed by atoms with E-state index in [9.17, 15) is 4.79 Å². The van der Waals surface area contributed by atoms with Crippen molar-refractivity contribution in [2.24, 2.45) is 5.10 Å². The van der Waals surface area contributed by atoms with Crippen molar-refractivity contribution in [2.75, 3.05) is 7.11 Å². The van der Waals surface area contributed by atoms with Crippen LogP contribution in [0.25, 0.3) is 10.8 Å². The number of fused-ring (bicyclic) bond motifs is 1. The number of hydrogen-bond donors (Lipinski definition) is 1. The van der Waals surface area contributed by atoms with Gasteiger partial charge in [0.25, 0.3) is 0 Å². The molecule has 0 unspecified atom stereocenters. The highest BCUT2D eigenvalue weighted by Crippen LogP contribution is 2.26. The van der Waals surface area contributed by atoms with Crippen LogP contribution in [0.3, 0.4) is 0 Å². The quantitative estimate of drug-likeness (QED) is 0.593. The molecule has 2 aromatic carbocycles. The molecule has 0 radical (unpaired) electrons. The van der Waals surface area contributed by atoms with Crippen LogP contribution in [-0.2, 0) is 0 Å². The summed E-state index contributed by atoms with van der Waals surface area (Å²) in [6, 6.07) is 15.0. The van der Waals surface area contributed by atoms with Gasteiger partial charge < -0.3 is 9.15 Å². The van der Waals surface area contributed by atoms with Gasteiger partial charge in [-0.2, -0.15) is 5.10 Å².